The molecule has 4 nitrogen and oxygen atoms in total. The van der Waals surface area contributed by atoms with Gasteiger partial charge >= 0.3 is 0 Å². The number of aryl methyl sites for hydroxylation is 1. The summed E-state index contributed by atoms with van der Waals surface area (Å²) in [5.41, 5.74) is 2.60. The van der Waals surface area contributed by atoms with E-state index in [2.05, 4.69) is 17.4 Å². The molecule has 0 bridgehead atoms. The zero-order chi connectivity index (χ0) is 14.4. The second kappa shape index (κ2) is 7.29. The predicted octanol–water partition coefficient (Wildman–Crippen LogP) is 2.00. The van der Waals surface area contributed by atoms with Crippen molar-refractivity contribution < 1.29 is 14.6 Å². The number of ether oxygens (including phenoxy) is 1. The van der Waals surface area contributed by atoms with E-state index < -0.39 is 0 Å². The summed E-state index contributed by atoms with van der Waals surface area (Å²) in [6.45, 7) is 0.670. The van der Waals surface area contributed by atoms with Gasteiger partial charge in [-0.05, 0) is 54.9 Å². The van der Waals surface area contributed by atoms with Crippen molar-refractivity contribution in [3.8, 4) is 5.75 Å². The van der Waals surface area contributed by atoms with Crippen LogP contribution in [0.5, 0.6) is 5.75 Å². The average molecular weight is 277 g/mol. The average Bonchev–Trinajstić information content (AvgIpc) is 2.47. The van der Waals surface area contributed by atoms with Gasteiger partial charge < -0.3 is 15.2 Å². The SMILES string of the molecule is COc1ccc2c(c1)CCCC2CC(=O)NCCCO. The van der Waals surface area contributed by atoms with Crippen LogP contribution in [0.2, 0.25) is 0 Å². The summed E-state index contributed by atoms with van der Waals surface area (Å²) in [5.74, 6) is 1.27. The number of aliphatic hydroxyl groups excluding tert-OH is 1. The summed E-state index contributed by atoms with van der Waals surface area (Å²) in [5, 5.41) is 11.6. The molecule has 1 atom stereocenters. The second-order valence-electron chi connectivity index (χ2n) is 5.29. The van der Waals surface area contributed by atoms with Crippen molar-refractivity contribution in [2.75, 3.05) is 20.3 Å². The van der Waals surface area contributed by atoms with Crippen LogP contribution >= 0.6 is 0 Å². The third kappa shape index (κ3) is 3.73. The Labute approximate surface area is 120 Å². The molecular formula is C16H23NO3. The Balaban J connectivity index is 1.99. The highest BCUT2D eigenvalue weighted by molar-refractivity contribution is 5.77. The third-order valence-corrected chi connectivity index (χ3v) is 3.88. The van der Waals surface area contributed by atoms with Gasteiger partial charge in [-0.3, -0.25) is 4.79 Å². The van der Waals surface area contributed by atoms with Crippen LogP contribution in [-0.2, 0) is 11.2 Å². The Morgan fingerprint density at radius 1 is 1.50 bits per heavy atom. The maximum absolute atomic E-state index is 11.9. The first-order chi connectivity index (χ1) is 9.74. The van der Waals surface area contributed by atoms with Gasteiger partial charge in [0.1, 0.15) is 5.75 Å². The second-order valence-corrected chi connectivity index (χ2v) is 5.29. The van der Waals surface area contributed by atoms with E-state index in [1.165, 1.54) is 11.1 Å². The molecule has 0 radical (unpaired) electrons. The molecule has 0 aromatic heterocycles. The lowest BCUT2D eigenvalue weighted by atomic mass is 9.81. The summed E-state index contributed by atoms with van der Waals surface area (Å²) in [7, 11) is 1.68. The topological polar surface area (TPSA) is 58.6 Å². The number of fused-ring (bicyclic) bond motifs is 1. The van der Waals surface area contributed by atoms with Crippen LogP contribution in [0.3, 0.4) is 0 Å². The van der Waals surface area contributed by atoms with Crippen LogP contribution < -0.4 is 10.1 Å². The van der Waals surface area contributed by atoms with Crippen molar-refractivity contribution >= 4 is 5.91 Å². The zero-order valence-corrected chi connectivity index (χ0v) is 12.0. The van der Waals surface area contributed by atoms with Crippen LogP contribution in [-0.4, -0.2) is 31.3 Å². The molecule has 1 aromatic carbocycles. The minimum atomic E-state index is 0.0760. The van der Waals surface area contributed by atoms with E-state index >= 15 is 0 Å². The van der Waals surface area contributed by atoms with E-state index in [0.29, 0.717) is 25.3 Å². The van der Waals surface area contributed by atoms with Crippen molar-refractivity contribution in [3.05, 3.63) is 29.3 Å². The van der Waals surface area contributed by atoms with Crippen LogP contribution in [0.15, 0.2) is 18.2 Å². The van der Waals surface area contributed by atoms with Gasteiger partial charge in [-0.25, -0.2) is 0 Å². The zero-order valence-electron chi connectivity index (χ0n) is 12.0. The van der Waals surface area contributed by atoms with Gasteiger partial charge in [-0.15, -0.1) is 0 Å². The number of hydrogen-bond acceptors (Lipinski definition) is 3. The Hall–Kier alpha value is -1.55. The molecule has 0 spiro atoms. The first-order valence-electron chi connectivity index (χ1n) is 7.29. The Kier molecular flexibility index (Phi) is 5.41. The molecule has 1 aliphatic rings. The van der Waals surface area contributed by atoms with Crippen molar-refractivity contribution in [3.63, 3.8) is 0 Å². The minimum absolute atomic E-state index is 0.0760. The van der Waals surface area contributed by atoms with Gasteiger partial charge in [-0.2, -0.15) is 0 Å². The monoisotopic (exact) mass is 277 g/mol. The number of benzene rings is 1. The standard InChI is InChI=1S/C16H23NO3/c1-20-14-6-7-15-12(10-14)4-2-5-13(15)11-16(19)17-8-3-9-18/h6-7,10,13,18H,2-5,8-9,11H2,1H3,(H,17,19). The van der Waals surface area contributed by atoms with E-state index in [0.717, 1.165) is 25.0 Å². The number of hydrogen-bond donors (Lipinski definition) is 2. The van der Waals surface area contributed by atoms with E-state index in [9.17, 15) is 4.79 Å². The lowest BCUT2D eigenvalue weighted by molar-refractivity contribution is -0.121. The summed E-state index contributed by atoms with van der Waals surface area (Å²) in [4.78, 5) is 11.9. The van der Waals surface area contributed by atoms with Gasteiger partial charge in [0, 0.05) is 19.6 Å². The minimum Gasteiger partial charge on any atom is -0.497 e. The lowest BCUT2D eigenvalue weighted by Gasteiger charge is -2.25. The van der Waals surface area contributed by atoms with Gasteiger partial charge in [0.2, 0.25) is 5.91 Å². The molecule has 0 saturated carbocycles. The van der Waals surface area contributed by atoms with Crippen molar-refractivity contribution in [2.24, 2.45) is 0 Å². The number of aliphatic hydroxyl groups is 1. The quantitative estimate of drug-likeness (QED) is 0.782. The van der Waals surface area contributed by atoms with Gasteiger partial charge in [0.15, 0.2) is 0 Å². The summed E-state index contributed by atoms with van der Waals surface area (Å²) in [6.07, 6.45) is 4.39. The molecule has 0 aliphatic heterocycles. The Morgan fingerprint density at radius 3 is 3.10 bits per heavy atom. The lowest BCUT2D eigenvalue weighted by Crippen LogP contribution is -2.27. The molecule has 1 aromatic rings. The van der Waals surface area contributed by atoms with Gasteiger partial charge in [0.05, 0.1) is 7.11 Å². The fourth-order valence-electron chi connectivity index (χ4n) is 2.83. The molecule has 1 amide bonds. The fourth-order valence-corrected chi connectivity index (χ4v) is 2.83. The van der Waals surface area contributed by atoms with E-state index in [1.807, 2.05) is 6.07 Å². The summed E-state index contributed by atoms with van der Waals surface area (Å²) >= 11 is 0. The highest BCUT2D eigenvalue weighted by Crippen LogP contribution is 2.35. The number of carbonyl (C=O) groups excluding carboxylic acids is 1. The molecule has 0 heterocycles. The molecule has 1 unspecified atom stereocenters. The molecule has 110 valence electrons. The van der Waals surface area contributed by atoms with Gasteiger partial charge in [-0.1, -0.05) is 6.07 Å². The van der Waals surface area contributed by atoms with Crippen molar-refractivity contribution in [1.29, 1.82) is 0 Å². The molecular weight excluding hydrogens is 254 g/mol. The summed E-state index contributed by atoms with van der Waals surface area (Å²) in [6, 6.07) is 6.16. The Morgan fingerprint density at radius 2 is 2.35 bits per heavy atom. The molecule has 0 fully saturated rings. The van der Waals surface area contributed by atoms with Crippen LogP contribution in [0.4, 0.5) is 0 Å². The molecule has 0 saturated heterocycles. The van der Waals surface area contributed by atoms with Crippen LogP contribution in [0.1, 0.15) is 42.7 Å². The fraction of sp³-hybridized carbons (Fsp3) is 0.562. The number of amides is 1. The first-order valence-corrected chi connectivity index (χ1v) is 7.29. The van der Waals surface area contributed by atoms with Crippen molar-refractivity contribution in [2.45, 2.75) is 38.0 Å². The number of rotatable bonds is 6. The molecule has 20 heavy (non-hydrogen) atoms. The van der Waals surface area contributed by atoms with E-state index in [1.54, 1.807) is 7.11 Å². The van der Waals surface area contributed by atoms with E-state index in [4.69, 9.17) is 9.84 Å². The normalized spacial score (nSPS) is 17.4. The molecule has 2 N–H and O–H groups in total. The molecule has 4 heteroatoms. The van der Waals surface area contributed by atoms with Crippen LogP contribution in [0.25, 0.3) is 0 Å². The summed E-state index contributed by atoms with van der Waals surface area (Å²) < 4.78 is 5.26. The smallest absolute Gasteiger partial charge is 0.220 e. The van der Waals surface area contributed by atoms with Gasteiger partial charge in [0.25, 0.3) is 0 Å². The maximum Gasteiger partial charge on any atom is 0.220 e. The number of carbonyl (C=O) groups is 1. The molecule has 2 rings (SSSR count). The third-order valence-electron chi connectivity index (χ3n) is 3.88. The number of methoxy groups -OCH3 is 1. The van der Waals surface area contributed by atoms with E-state index in [-0.39, 0.29) is 12.5 Å². The maximum atomic E-state index is 11.9. The Bertz CT molecular complexity index is 459. The molecule has 1 aliphatic carbocycles. The van der Waals surface area contributed by atoms with Crippen LogP contribution in [0, 0.1) is 0 Å². The highest BCUT2D eigenvalue weighted by Gasteiger charge is 2.22. The highest BCUT2D eigenvalue weighted by atomic mass is 16.5. The number of nitrogens with one attached hydrogen (secondary N) is 1. The van der Waals surface area contributed by atoms with Crippen molar-refractivity contribution in [1.82, 2.24) is 5.32 Å². The largest absolute Gasteiger partial charge is 0.497 e. The predicted molar refractivity (Wildman–Crippen MR) is 78.0 cm³/mol. The first kappa shape index (κ1) is 14.9.